The van der Waals surface area contributed by atoms with E-state index in [1.54, 1.807) is 6.92 Å². The molecule has 2 fully saturated rings. The lowest BCUT2D eigenvalue weighted by Crippen LogP contribution is -2.56. The summed E-state index contributed by atoms with van der Waals surface area (Å²) in [6.07, 6.45) is -1.48. The molecule has 7 nitrogen and oxygen atoms in total. The van der Waals surface area contributed by atoms with Gasteiger partial charge in [0.1, 0.15) is 18.3 Å². The quantitative estimate of drug-likeness (QED) is 0.537. The van der Waals surface area contributed by atoms with Crippen LogP contribution in [0, 0.1) is 5.92 Å². The molecule has 0 amide bonds. The molecule has 0 radical (unpaired) electrons. The number of nitrogens with zero attached hydrogens (tertiary/aromatic N) is 1. The molecule has 0 aliphatic carbocycles. The fourth-order valence-electron chi connectivity index (χ4n) is 3.29. The number of hydrogen-bond acceptors (Lipinski definition) is 6. The van der Waals surface area contributed by atoms with Crippen LogP contribution in [0.5, 0.6) is 0 Å². The molecule has 0 aromatic carbocycles. The number of rotatable bonds is 5. The molecule has 0 bridgehead atoms. The lowest BCUT2D eigenvalue weighted by molar-refractivity contribution is -0.218. The lowest BCUT2D eigenvalue weighted by Gasteiger charge is -2.39. The number of aliphatic hydroxyl groups excluding tert-OH is 3. The molecule has 2 rings (SSSR count). The van der Waals surface area contributed by atoms with Crippen molar-refractivity contribution in [3.63, 3.8) is 0 Å². The van der Waals surface area contributed by atoms with Gasteiger partial charge in [0, 0.05) is 0 Å². The Labute approximate surface area is 130 Å². The number of aliphatic carboxylic acids is 1. The minimum Gasteiger partial charge on any atom is -0.481 e. The van der Waals surface area contributed by atoms with Gasteiger partial charge in [-0.2, -0.15) is 0 Å². The second-order valence-corrected chi connectivity index (χ2v) is 6.45. The summed E-state index contributed by atoms with van der Waals surface area (Å²) in [6, 6.07) is 0. The van der Waals surface area contributed by atoms with E-state index in [0.717, 1.165) is 26.1 Å². The van der Waals surface area contributed by atoms with Gasteiger partial charge in [0.2, 0.25) is 0 Å². The molecule has 2 aliphatic heterocycles. The van der Waals surface area contributed by atoms with Crippen LogP contribution in [0.25, 0.3) is 0 Å². The normalized spacial score (nSPS) is 38.1. The van der Waals surface area contributed by atoms with E-state index in [1.165, 1.54) is 0 Å². The molecule has 22 heavy (non-hydrogen) atoms. The Hall–Kier alpha value is -0.730. The zero-order valence-electron chi connectivity index (χ0n) is 13.0. The van der Waals surface area contributed by atoms with E-state index in [1.807, 2.05) is 0 Å². The Kier molecular flexibility index (Phi) is 6.17. The molecule has 2 saturated heterocycles. The third kappa shape index (κ3) is 4.17. The second-order valence-electron chi connectivity index (χ2n) is 6.45. The molecule has 0 spiro atoms. The smallest absolute Gasteiger partial charge is 0.306 e. The number of carboxylic acids is 1. The first-order valence-corrected chi connectivity index (χ1v) is 8.05. The Morgan fingerprint density at radius 1 is 1.14 bits per heavy atom. The molecule has 2 aliphatic rings. The minimum atomic E-state index is -1.17. The van der Waals surface area contributed by atoms with Gasteiger partial charge in [0.25, 0.3) is 0 Å². The fourth-order valence-corrected chi connectivity index (χ4v) is 3.29. The van der Waals surface area contributed by atoms with Crippen LogP contribution in [0.2, 0.25) is 0 Å². The van der Waals surface area contributed by atoms with E-state index < -0.39 is 36.5 Å². The lowest BCUT2D eigenvalue weighted by atomic mass is 9.93. The highest BCUT2D eigenvalue weighted by Crippen LogP contribution is 2.24. The SMILES string of the molecule is C[C@@H]1O[C@@H](CCCN2CCC(C(=O)O)CC2)[C@@H](O)[C@H](O)[C@@H]1O. The molecule has 0 aromatic rings. The molecule has 0 aromatic heterocycles. The average Bonchev–Trinajstić information content (AvgIpc) is 2.50. The standard InChI is InChI=1S/C15H27NO6/c1-9-12(17)14(19)13(18)11(22-9)3-2-6-16-7-4-10(5-8-16)15(20)21/h9-14,17-19H,2-8H2,1H3,(H,20,21)/t9-,11-,12+,13+,14+/m0/s1. The number of carboxylic acid groups (broad SMARTS) is 1. The Morgan fingerprint density at radius 2 is 1.77 bits per heavy atom. The summed E-state index contributed by atoms with van der Waals surface area (Å²) in [5.41, 5.74) is 0. The van der Waals surface area contributed by atoms with Crippen molar-refractivity contribution >= 4 is 5.97 Å². The molecule has 7 heteroatoms. The summed E-state index contributed by atoms with van der Waals surface area (Å²) in [6.45, 7) is 4.07. The number of piperidine rings is 1. The summed E-state index contributed by atoms with van der Waals surface area (Å²) in [5, 5.41) is 38.3. The highest BCUT2D eigenvalue weighted by Gasteiger charge is 2.41. The summed E-state index contributed by atoms with van der Waals surface area (Å²) in [5.74, 6) is -0.933. The van der Waals surface area contributed by atoms with Crippen molar-refractivity contribution in [2.24, 2.45) is 5.92 Å². The molecule has 0 saturated carbocycles. The van der Waals surface area contributed by atoms with Crippen LogP contribution in [0.15, 0.2) is 0 Å². The maximum absolute atomic E-state index is 10.9. The number of carbonyl (C=O) groups is 1. The summed E-state index contributed by atoms with van der Waals surface area (Å²) in [7, 11) is 0. The number of ether oxygens (including phenoxy) is 1. The average molecular weight is 317 g/mol. The molecular weight excluding hydrogens is 290 g/mol. The van der Waals surface area contributed by atoms with Crippen molar-refractivity contribution in [1.29, 1.82) is 0 Å². The third-order valence-corrected chi connectivity index (χ3v) is 4.85. The van der Waals surface area contributed by atoms with Crippen LogP contribution in [0.1, 0.15) is 32.6 Å². The van der Waals surface area contributed by atoms with E-state index in [-0.39, 0.29) is 5.92 Å². The highest BCUT2D eigenvalue weighted by molar-refractivity contribution is 5.70. The van der Waals surface area contributed by atoms with Gasteiger partial charge in [-0.3, -0.25) is 4.79 Å². The van der Waals surface area contributed by atoms with Gasteiger partial charge in [-0.1, -0.05) is 0 Å². The van der Waals surface area contributed by atoms with Gasteiger partial charge in [-0.25, -0.2) is 0 Å². The van der Waals surface area contributed by atoms with E-state index in [2.05, 4.69) is 4.90 Å². The van der Waals surface area contributed by atoms with Crippen molar-refractivity contribution in [3.05, 3.63) is 0 Å². The maximum Gasteiger partial charge on any atom is 0.306 e. The number of hydrogen-bond donors (Lipinski definition) is 4. The van der Waals surface area contributed by atoms with Gasteiger partial charge >= 0.3 is 5.97 Å². The molecule has 5 atom stereocenters. The third-order valence-electron chi connectivity index (χ3n) is 4.85. The van der Waals surface area contributed by atoms with Crippen molar-refractivity contribution in [2.75, 3.05) is 19.6 Å². The Balaban J connectivity index is 1.69. The van der Waals surface area contributed by atoms with Crippen LogP contribution in [0.3, 0.4) is 0 Å². The first kappa shape index (κ1) is 17.6. The number of aliphatic hydroxyl groups is 3. The minimum absolute atomic E-state index is 0.225. The predicted octanol–water partition coefficient (Wildman–Crippen LogP) is -0.567. The Morgan fingerprint density at radius 3 is 2.36 bits per heavy atom. The van der Waals surface area contributed by atoms with Crippen LogP contribution < -0.4 is 0 Å². The van der Waals surface area contributed by atoms with Crippen LogP contribution in [0.4, 0.5) is 0 Å². The maximum atomic E-state index is 10.9. The number of likely N-dealkylation sites (tertiary alicyclic amines) is 1. The van der Waals surface area contributed by atoms with Crippen LogP contribution >= 0.6 is 0 Å². The zero-order valence-corrected chi connectivity index (χ0v) is 13.0. The molecular formula is C15H27NO6. The van der Waals surface area contributed by atoms with Gasteiger partial charge in [0.05, 0.1) is 18.1 Å². The van der Waals surface area contributed by atoms with Crippen LogP contribution in [-0.4, -0.2) is 81.4 Å². The summed E-state index contributed by atoms with van der Waals surface area (Å²) >= 11 is 0. The van der Waals surface area contributed by atoms with Gasteiger partial charge in [0.15, 0.2) is 0 Å². The summed E-state index contributed by atoms with van der Waals surface area (Å²) < 4.78 is 5.56. The first-order valence-electron chi connectivity index (χ1n) is 8.05. The van der Waals surface area contributed by atoms with Crippen molar-refractivity contribution in [3.8, 4) is 0 Å². The molecule has 0 unspecified atom stereocenters. The predicted molar refractivity (Wildman–Crippen MR) is 78.4 cm³/mol. The monoisotopic (exact) mass is 317 g/mol. The fraction of sp³-hybridized carbons (Fsp3) is 0.933. The highest BCUT2D eigenvalue weighted by atomic mass is 16.5. The van der Waals surface area contributed by atoms with E-state index in [0.29, 0.717) is 19.3 Å². The van der Waals surface area contributed by atoms with Gasteiger partial charge in [-0.05, 0) is 52.2 Å². The van der Waals surface area contributed by atoms with Gasteiger partial charge < -0.3 is 30.1 Å². The van der Waals surface area contributed by atoms with Gasteiger partial charge in [-0.15, -0.1) is 0 Å². The topological polar surface area (TPSA) is 110 Å². The van der Waals surface area contributed by atoms with E-state index >= 15 is 0 Å². The van der Waals surface area contributed by atoms with Crippen molar-refractivity contribution < 1.29 is 30.0 Å². The van der Waals surface area contributed by atoms with Crippen LogP contribution in [-0.2, 0) is 9.53 Å². The van der Waals surface area contributed by atoms with Crippen molar-refractivity contribution in [1.82, 2.24) is 4.90 Å². The summed E-state index contributed by atoms with van der Waals surface area (Å²) in [4.78, 5) is 13.1. The molecule has 4 N–H and O–H groups in total. The largest absolute Gasteiger partial charge is 0.481 e. The second kappa shape index (κ2) is 7.70. The molecule has 128 valence electrons. The van der Waals surface area contributed by atoms with E-state index in [4.69, 9.17) is 9.84 Å². The zero-order chi connectivity index (χ0) is 16.3. The van der Waals surface area contributed by atoms with E-state index in [9.17, 15) is 20.1 Å². The molecule has 2 heterocycles. The first-order chi connectivity index (χ1) is 10.4. The Bertz CT molecular complexity index is 371. The van der Waals surface area contributed by atoms with Crippen molar-refractivity contribution in [2.45, 2.75) is 63.1 Å².